The zero-order chi connectivity index (χ0) is 10.4. The molecule has 14 heavy (non-hydrogen) atoms. The number of hydrogen-bond acceptors (Lipinski definition) is 2. The van der Waals surface area contributed by atoms with Crippen LogP contribution >= 0.6 is 0 Å². The molecular formula is C12H25NO. The maximum absolute atomic E-state index is 10.0. The Balaban J connectivity index is 2.23. The molecule has 84 valence electrons. The highest BCUT2D eigenvalue weighted by Crippen LogP contribution is 2.22. The lowest BCUT2D eigenvalue weighted by Gasteiger charge is -2.21. The molecule has 1 aliphatic rings. The Kier molecular flexibility index (Phi) is 5.49. The monoisotopic (exact) mass is 199 g/mol. The van der Waals surface area contributed by atoms with Crippen molar-refractivity contribution in [1.29, 1.82) is 0 Å². The summed E-state index contributed by atoms with van der Waals surface area (Å²) in [6.07, 6.45) is 5.67. The van der Waals surface area contributed by atoms with Crippen LogP contribution in [-0.4, -0.2) is 24.3 Å². The van der Waals surface area contributed by atoms with Gasteiger partial charge in [-0.25, -0.2) is 0 Å². The summed E-state index contributed by atoms with van der Waals surface area (Å²) in [7, 11) is 0. The molecule has 0 saturated carbocycles. The molecule has 0 aromatic rings. The third kappa shape index (κ3) is 4.43. The lowest BCUT2D eigenvalue weighted by Crippen LogP contribution is -2.22. The van der Waals surface area contributed by atoms with Crippen LogP contribution in [0.1, 0.15) is 46.0 Å². The summed E-state index contributed by atoms with van der Waals surface area (Å²) in [4.78, 5) is 0. The van der Waals surface area contributed by atoms with Crippen LogP contribution in [0.5, 0.6) is 0 Å². The highest BCUT2D eigenvalue weighted by Gasteiger charge is 2.20. The van der Waals surface area contributed by atoms with Gasteiger partial charge in [-0.2, -0.15) is 0 Å². The number of hydrogen-bond donors (Lipinski definition) is 2. The molecule has 0 radical (unpaired) electrons. The fraction of sp³-hybridized carbons (Fsp3) is 1.00. The first-order chi connectivity index (χ1) is 6.70. The maximum atomic E-state index is 10.0. The van der Waals surface area contributed by atoms with E-state index in [9.17, 15) is 5.11 Å². The van der Waals surface area contributed by atoms with Gasteiger partial charge in [0.05, 0.1) is 6.10 Å². The fourth-order valence-corrected chi connectivity index (χ4v) is 2.17. The second kappa shape index (κ2) is 6.41. The van der Waals surface area contributed by atoms with E-state index in [1.165, 1.54) is 12.8 Å². The van der Waals surface area contributed by atoms with Crippen molar-refractivity contribution in [2.75, 3.05) is 13.1 Å². The molecule has 2 unspecified atom stereocenters. The van der Waals surface area contributed by atoms with Gasteiger partial charge in [-0.3, -0.25) is 0 Å². The highest BCUT2D eigenvalue weighted by molar-refractivity contribution is 4.73. The molecule has 2 atom stereocenters. The average molecular weight is 199 g/mol. The van der Waals surface area contributed by atoms with Gasteiger partial charge in [-0.15, -0.1) is 0 Å². The van der Waals surface area contributed by atoms with Gasteiger partial charge >= 0.3 is 0 Å². The third-order valence-electron chi connectivity index (χ3n) is 3.20. The number of rotatable bonds is 4. The number of nitrogens with one attached hydrogen (secondary N) is 1. The average Bonchev–Trinajstić information content (AvgIpc) is 2.42. The van der Waals surface area contributed by atoms with Crippen LogP contribution in [0, 0.1) is 11.8 Å². The quantitative estimate of drug-likeness (QED) is 0.727. The van der Waals surface area contributed by atoms with E-state index in [1.807, 2.05) is 0 Å². The van der Waals surface area contributed by atoms with Gasteiger partial charge in [0.15, 0.2) is 0 Å². The largest absolute Gasteiger partial charge is 0.393 e. The van der Waals surface area contributed by atoms with E-state index >= 15 is 0 Å². The highest BCUT2D eigenvalue weighted by atomic mass is 16.3. The predicted octanol–water partition coefficient (Wildman–Crippen LogP) is 2.17. The zero-order valence-corrected chi connectivity index (χ0v) is 9.63. The van der Waals surface area contributed by atoms with Crippen LogP contribution in [0.25, 0.3) is 0 Å². The number of aliphatic hydroxyl groups excluding tert-OH is 1. The lowest BCUT2D eigenvalue weighted by molar-refractivity contribution is 0.0864. The van der Waals surface area contributed by atoms with Crippen molar-refractivity contribution in [3.63, 3.8) is 0 Å². The Morgan fingerprint density at radius 2 is 2.00 bits per heavy atom. The summed E-state index contributed by atoms with van der Waals surface area (Å²) in [5, 5.41) is 13.4. The SMILES string of the molecule is CC(C)CCC(O)C1CCCNCC1. The van der Waals surface area contributed by atoms with E-state index in [1.54, 1.807) is 0 Å². The molecule has 0 aliphatic carbocycles. The Morgan fingerprint density at radius 3 is 2.71 bits per heavy atom. The molecule has 1 fully saturated rings. The van der Waals surface area contributed by atoms with Crippen LogP contribution in [0.3, 0.4) is 0 Å². The van der Waals surface area contributed by atoms with Crippen LogP contribution in [0.4, 0.5) is 0 Å². The van der Waals surface area contributed by atoms with Crippen molar-refractivity contribution in [3.05, 3.63) is 0 Å². The van der Waals surface area contributed by atoms with E-state index in [4.69, 9.17) is 0 Å². The third-order valence-corrected chi connectivity index (χ3v) is 3.20. The smallest absolute Gasteiger partial charge is 0.0569 e. The van der Waals surface area contributed by atoms with E-state index in [0.29, 0.717) is 11.8 Å². The first kappa shape index (κ1) is 12.0. The van der Waals surface area contributed by atoms with Crippen LogP contribution < -0.4 is 5.32 Å². The summed E-state index contributed by atoms with van der Waals surface area (Å²) < 4.78 is 0. The summed E-state index contributed by atoms with van der Waals surface area (Å²) >= 11 is 0. The summed E-state index contributed by atoms with van der Waals surface area (Å²) in [5.74, 6) is 1.26. The summed E-state index contributed by atoms with van der Waals surface area (Å²) in [6, 6.07) is 0. The molecule has 1 aliphatic heterocycles. The van der Waals surface area contributed by atoms with E-state index in [2.05, 4.69) is 19.2 Å². The Bertz CT molecular complexity index is 139. The number of aliphatic hydroxyl groups is 1. The minimum atomic E-state index is -0.0581. The molecule has 0 aromatic carbocycles. The van der Waals surface area contributed by atoms with Gasteiger partial charge in [0.1, 0.15) is 0 Å². The van der Waals surface area contributed by atoms with Gasteiger partial charge in [0.2, 0.25) is 0 Å². The summed E-state index contributed by atoms with van der Waals surface area (Å²) in [5.41, 5.74) is 0. The molecule has 1 rings (SSSR count). The molecule has 0 aromatic heterocycles. The van der Waals surface area contributed by atoms with Crippen LogP contribution in [0.15, 0.2) is 0 Å². The topological polar surface area (TPSA) is 32.3 Å². The fourth-order valence-electron chi connectivity index (χ4n) is 2.17. The Morgan fingerprint density at radius 1 is 1.21 bits per heavy atom. The minimum absolute atomic E-state index is 0.0581. The minimum Gasteiger partial charge on any atom is -0.393 e. The first-order valence-corrected chi connectivity index (χ1v) is 6.09. The standard InChI is InChI=1S/C12H25NO/c1-10(2)5-6-12(14)11-4-3-8-13-9-7-11/h10-14H,3-9H2,1-2H3. The Hall–Kier alpha value is -0.0800. The van der Waals surface area contributed by atoms with Gasteiger partial charge in [-0.05, 0) is 57.0 Å². The van der Waals surface area contributed by atoms with Gasteiger partial charge < -0.3 is 10.4 Å². The predicted molar refractivity (Wildman–Crippen MR) is 60.3 cm³/mol. The van der Waals surface area contributed by atoms with Crippen LogP contribution in [0.2, 0.25) is 0 Å². The van der Waals surface area contributed by atoms with E-state index < -0.39 is 0 Å². The second-order valence-electron chi connectivity index (χ2n) is 4.98. The van der Waals surface area contributed by atoms with Gasteiger partial charge in [0, 0.05) is 0 Å². The first-order valence-electron chi connectivity index (χ1n) is 6.09. The van der Waals surface area contributed by atoms with Crippen LogP contribution in [-0.2, 0) is 0 Å². The molecule has 2 N–H and O–H groups in total. The second-order valence-corrected chi connectivity index (χ2v) is 4.98. The normalized spacial score (nSPS) is 26.1. The molecule has 1 heterocycles. The molecule has 0 amide bonds. The van der Waals surface area contributed by atoms with Crippen molar-refractivity contribution >= 4 is 0 Å². The van der Waals surface area contributed by atoms with Crippen molar-refractivity contribution in [2.24, 2.45) is 11.8 Å². The zero-order valence-electron chi connectivity index (χ0n) is 9.63. The molecular weight excluding hydrogens is 174 g/mol. The van der Waals surface area contributed by atoms with Gasteiger partial charge in [-0.1, -0.05) is 13.8 Å². The Labute approximate surface area is 88.1 Å². The van der Waals surface area contributed by atoms with Crippen molar-refractivity contribution < 1.29 is 5.11 Å². The summed E-state index contributed by atoms with van der Waals surface area (Å²) in [6.45, 7) is 6.67. The molecule has 2 nitrogen and oxygen atoms in total. The molecule has 0 bridgehead atoms. The van der Waals surface area contributed by atoms with Crippen molar-refractivity contribution in [1.82, 2.24) is 5.32 Å². The molecule has 2 heteroatoms. The molecule has 0 spiro atoms. The lowest BCUT2D eigenvalue weighted by atomic mass is 9.90. The molecule has 1 saturated heterocycles. The van der Waals surface area contributed by atoms with Crippen molar-refractivity contribution in [2.45, 2.75) is 52.1 Å². The van der Waals surface area contributed by atoms with Crippen molar-refractivity contribution in [3.8, 4) is 0 Å². The van der Waals surface area contributed by atoms with E-state index in [-0.39, 0.29) is 6.10 Å². The maximum Gasteiger partial charge on any atom is 0.0569 e. The van der Waals surface area contributed by atoms with Gasteiger partial charge in [0.25, 0.3) is 0 Å². The van der Waals surface area contributed by atoms with E-state index in [0.717, 1.165) is 32.4 Å².